The molecular weight excluding hydrogens is 242 g/mol. The van der Waals surface area contributed by atoms with Crippen LogP contribution in [0.2, 0.25) is 0 Å². The number of hydrogen-bond acceptors (Lipinski definition) is 4. The number of aliphatic hydroxyl groups excluding tert-OH is 2. The maximum atomic E-state index is 9.49. The lowest BCUT2D eigenvalue weighted by molar-refractivity contribution is 0.0159. The molecule has 1 aromatic carbocycles. The largest absolute Gasteiger partial charge is 0.394 e. The first-order chi connectivity index (χ1) is 9.20. The fourth-order valence-corrected chi connectivity index (χ4v) is 2.46. The molecule has 0 aromatic heterocycles. The summed E-state index contributed by atoms with van der Waals surface area (Å²) in [5.74, 6) is 0. The van der Waals surface area contributed by atoms with Crippen molar-refractivity contribution in [2.75, 3.05) is 31.2 Å². The van der Waals surface area contributed by atoms with E-state index in [1.807, 2.05) is 12.1 Å². The molecule has 1 saturated heterocycles. The standard InChI is InChI=1S/C15H23NO3/c1-12(18)13-2-4-14(5-3-13)16-8-6-15(7-9-16)19-11-10-17/h2-5,12,15,17-18H,6-11H2,1H3. The molecular formula is C15H23NO3. The summed E-state index contributed by atoms with van der Waals surface area (Å²) in [5.41, 5.74) is 2.15. The third kappa shape index (κ3) is 3.93. The predicted molar refractivity (Wildman–Crippen MR) is 75.3 cm³/mol. The molecule has 1 fully saturated rings. The van der Waals surface area contributed by atoms with Crippen LogP contribution in [0.4, 0.5) is 5.69 Å². The number of piperidine rings is 1. The number of rotatable bonds is 5. The van der Waals surface area contributed by atoms with Crippen LogP contribution in [0.15, 0.2) is 24.3 Å². The van der Waals surface area contributed by atoms with Gasteiger partial charge in [0.05, 0.1) is 25.4 Å². The minimum atomic E-state index is -0.410. The lowest BCUT2D eigenvalue weighted by atomic mass is 10.1. The van der Waals surface area contributed by atoms with Crippen LogP contribution in [0.3, 0.4) is 0 Å². The van der Waals surface area contributed by atoms with Crippen LogP contribution < -0.4 is 4.90 Å². The maximum Gasteiger partial charge on any atom is 0.0761 e. The Bertz CT molecular complexity index is 369. The van der Waals surface area contributed by atoms with Gasteiger partial charge in [0.15, 0.2) is 0 Å². The monoisotopic (exact) mass is 265 g/mol. The van der Waals surface area contributed by atoms with E-state index in [0.29, 0.717) is 6.61 Å². The van der Waals surface area contributed by atoms with Gasteiger partial charge in [0.25, 0.3) is 0 Å². The molecule has 1 unspecified atom stereocenters. The van der Waals surface area contributed by atoms with Gasteiger partial charge < -0.3 is 19.8 Å². The Hall–Kier alpha value is -1.10. The molecule has 0 spiro atoms. The van der Waals surface area contributed by atoms with Gasteiger partial charge in [-0.25, -0.2) is 0 Å². The molecule has 0 aliphatic carbocycles. The third-order valence-corrected chi connectivity index (χ3v) is 3.63. The molecule has 0 amide bonds. The average molecular weight is 265 g/mol. The van der Waals surface area contributed by atoms with Crippen molar-refractivity contribution in [3.05, 3.63) is 29.8 Å². The van der Waals surface area contributed by atoms with Crippen LogP contribution in [-0.4, -0.2) is 42.6 Å². The van der Waals surface area contributed by atoms with E-state index in [4.69, 9.17) is 9.84 Å². The number of benzene rings is 1. The minimum Gasteiger partial charge on any atom is -0.394 e. The molecule has 2 rings (SSSR count). The Morgan fingerprint density at radius 2 is 1.89 bits per heavy atom. The van der Waals surface area contributed by atoms with Crippen molar-refractivity contribution in [1.29, 1.82) is 0 Å². The van der Waals surface area contributed by atoms with Gasteiger partial charge >= 0.3 is 0 Å². The maximum absolute atomic E-state index is 9.49. The van der Waals surface area contributed by atoms with E-state index in [2.05, 4.69) is 17.0 Å². The van der Waals surface area contributed by atoms with Crippen molar-refractivity contribution in [2.45, 2.75) is 32.0 Å². The molecule has 0 radical (unpaired) electrons. The van der Waals surface area contributed by atoms with Crippen LogP contribution in [0.5, 0.6) is 0 Å². The highest BCUT2D eigenvalue weighted by molar-refractivity contribution is 5.48. The summed E-state index contributed by atoms with van der Waals surface area (Å²) in [6, 6.07) is 8.09. The molecule has 1 heterocycles. The molecule has 106 valence electrons. The van der Waals surface area contributed by atoms with E-state index in [-0.39, 0.29) is 12.7 Å². The quantitative estimate of drug-likeness (QED) is 0.851. The first kappa shape index (κ1) is 14.3. The number of anilines is 1. The van der Waals surface area contributed by atoms with Crippen LogP contribution in [0.1, 0.15) is 31.4 Å². The Kier molecular flexibility index (Phi) is 5.19. The van der Waals surface area contributed by atoms with E-state index in [9.17, 15) is 5.11 Å². The summed E-state index contributed by atoms with van der Waals surface area (Å²) in [7, 11) is 0. The van der Waals surface area contributed by atoms with Crippen molar-refractivity contribution < 1.29 is 14.9 Å². The van der Waals surface area contributed by atoms with Crippen LogP contribution in [0.25, 0.3) is 0 Å². The number of ether oxygens (including phenoxy) is 1. The molecule has 19 heavy (non-hydrogen) atoms. The minimum absolute atomic E-state index is 0.0982. The summed E-state index contributed by atoms with van der Waals surface area (Å²) in [6.45, 7) is 4.27. The zero-order chi connectivity index (χ0) is 13.7. The second kappa shape index (κ2) is 6.89. The van der Waals surface area contributed by atoms with Crippen LogP contribution >= 0.6 is 0 Å². The SMILES string of the molecule is CC(O)c1ccc(N2CCC(OCCO)CC2)cc1. The first-order valence-electron chi connectivity index (χ1n) is 6.96. The Morgan fingerprint density at radius 1 is 1.26 bits per heavy atom. The second-order valence-electron chi connectivity index (χ2n) is 5.05. The molecule has 0 saturated carbocycles. The molecule has 1 atom stereocenters. The van der Waals surface area contributed by atoms with Crippen molar-refractivity contribution in [3.8, 4) is 0 Å². The van der Waals surface area contributed by atoms with Crippen LogP contribution in [0, 0.1) is 0 Å². The smallest absolute Gasteiger partial charge is 0.0761 e. The van der Waals surface area contributed by atoms with E-state index in [1.54, 1.807) is 6.92 Å². The van der Waals surface area contributed by atoms with E-state index < -0.39 is 6.10 Å². The Balaban J connectivity index is 1.87. The van der Waals surface area contributed by atoms with Gasteiger partial charge in [-0.2, -0.15) is 0 Å². The van der Waals surface area contributed by atoms with Gasteiger partial charge in [-0.1, -0.05) is 12.1 Å². The van der Waals surface area contributed by atoms with Crippen molar-refractivity contribution in [2.24, 2.45) is 0 Å². The summed E-state index contributed by atoms with van der Waals surface area (Å²) >= 11 is 0. The van der Waals surface area contributed by atoms with Gasteiger partial charge in [0.2, 0.25) is 0 Å². The molecule has 4 nitrogen and oxygen atoms in total. The fraction of sp³-hybridized carbons (Fsp3) is 0.600. The van der Waals surface area contributed by atoms with E-state index in [1.165, 1.54) is 5.69 Å². The Labute approximate surface area is 114 Å². The van der Waals surface area contributed by atoms with E-state index in [0.717, 1.165) is 31.5 Å². The third-order valence-electron chi connectivity index (χ3n) is 3.63. The summed E-state index contributed by atoms with van der Waals surface area (Å²) in [5, 5.41) is 18.2. The summed E-state index contributed by atoms with van der Waals surface area (Å²) < 4.78 is 5.56. The van der Waals surface area contributed by atoms with Gasteiger partial charge in [-0.15, -0.1) is 0 Å². The lowest BCUT2D eigenvalue weighted by Crippen LogP contribution is -2.37. The van der Waals surface area contributed by atoms with Crippen molar-refractivity contribution in [1.82, 2.24) is 0 Å². The lowest BCUT2D eigenvalue weighted by Gasteiger charge is -2.33. The predicted octanol–water partition coefficient (Wildman–Crippen LogP) is 1.72. The highest BCUT2D eigenvalue weighted by Gasteiger charge is 2.19. The number of hydrogen-bond donors (Lipinski definition) is 2. The highest BCUT2D eigenvalue weighted by Crippen LogP contribution is 2.23. The Morgan fingerprint density at radius 3 is 2.42 bits per heavy atom. The van der Waals surface area contributed by atoms with Crippen molar-refractivity contribution in [3.63, 3.8) is 0 Å². The summed E-state index contributed by atoms with van der Waals surface area (Å²) in [6.07, 6.45) is 1.86. The van der Waals surface area contributed by atoms with Gasteiger partial charge in [-0.3, -0.25) is 0 Å². The molecule has 1 aliphatic heterocycles. The molecule has 1 aromatic rings. The van der Waals surface area contributed by atoms with Crippen molar-refractivity contribution >= 4 is 5.69 Å². The zero-order valence-corrected chi connectivity index (χ0v) is 11.5. The fourth-order valence-electron chi connectivity index (χ4n) is 2.46. The number of nitrogens with zero attached hydrogens (tertiary/aromatic N) is 1. The topological polar surface area (TPSA) is 52.9 Å². The van der Waals surface area contributed by atoms with Gasteiger partial charge in [0.1, 0.15) is 0 Å². The van der Waals surface area contributed by atoms with Gasteiger partial charge in [0, 0.05) is 18.8 Å². The van der Waals surface area contributed by atoms with E-state index >= 15 is 0 Å². The second-order valence-corrected chi connectivity index (χ2v) is 5.05. The molecule has 0 bridgehead atoms. The average Bonchev–Trinajstić information content (AvgIpc) is 2.46. The molecule has 4 heteroatoms. The van der Waals surface area contributed by atoms with Gasteiger partial charge in [-0.05, 0) is 37.5 Å². The number of aliphatic hydroxyl groups is 2. The molecule has 1 aliphatic rings. The summed E-state index contributed by atoms with van der Waals surface area (Å²) in [4.78, 5) is 2.34. The highest BCUT2D eigenvalue weighted by atomic mass is 16.5. The normalized spacial score (nSPS) is 18.6. The zero-order valence-electron chi connectivity index (χ0n) is 11.5. The first-order valence-corrected chi connectivity index (χ1v) is 6.96. The molecule has 2 N–H and O–H groups in total. The van der Waals surface area contributed by atoms with Crippen LogP contribution in [-0.2, 0) is 4.74 Å².